The van der Waals surface area contributed by atoms with Gasteiger partial charge < -0.3 is 5.32 Å². The molecule has 1 atom stereocenters. The number of rotatable bonds is 5. The SMILES string of the molecule is CCNC(CC)c1ccc(-c2c(F)ccc(Br)c2F)cc1. The molecule has 0 heterocycles. The van der Waals surface area contributed by atoms with E-state index < -0.39 is 11.6 Å². The molecule has 0 radical (unpaired) electrons. The monoisotopic (exact) mass is 353 g/mol. The van der Waals surface area contributed by atoms with Gasteiger partial charge in [-0.15, -0.1) is 0 Å². The molecule has 0 aliphatic rings. The molecule has 1 N–H and O–H groups in total. The van der Waals surface area contributed by atoms with Crippen molar-refractivity contribution in [3.05, 3.63) is 58.1 Å². The normalized spacial score (nSPS) is 12.4. The maximum atomic E-state index is 14.1. The van der Waals surface area contributed by atoms with Gasteiger partial charge in [-0.2, -0.15) is 0 Å². The molecular weight excluding hydrogens is 336 g/mol. The number of benzene rings is 2. The highest BCUT2D eigenvalue weighted by molar-refractivity contribution is 9.10. The third-order valence-corrected chi connectivity index (χ3v) is 4.12. The third kappa shape index (κ3) is 3.50. The Morgan fingerprint density at radius 3 is 2.29 bits per heavy atom. The zero-order valence-electron chi connectivity index (χ0n) is 12.1. The van der Waals surface area contributed by atoms with E-state index in [0.717, 1.165) is 18.5 Å². The van der Waals surface area contributed by atoms with Crippen molar-refractivity contribution < 1.29 is 8.78 Å². The molecule has 112 valence electrons. The van der Waals surface area contributed by atoms with Gasteiger partial charge in [0.15, 0.2) is 0 Å². The highest BCUT2D eigenvalue weighted by Crippen LogP contribution is 2.31. The van der Waals surface area contributed by atoms with E-state index in [0.29, 0.717) is 5.56 Å². The highest BCUT2D eigenvalue weighted by Gasteiger charge is 2.15. The van der Waals surface area contributed by atoms with Gasteiger partial charge in [-0.1, -0.05) is 38.1 Å². The topological polar surface area (TPSA) is 12.0 Å². The fourth-order valence-electron chi connectivity index (χ4n) is 2.42. The van der Waals surface area contributed by atoms with Gasteiger partial charge in [0.05, 0.1) is 10.0 Å². The van der Waals surface area contributed by atoms with Crippen LogP contribution >= 0.6 is 15.9 Å². The van der Waals surface area contributed by atoms with Crippen LogP contribution < -0.4 is 5.32 Å². The number of halogens is 3. The maximum absolute atomic E-state index is 14.1. The minimum atomic E-state index is -0.568. The van der Waals surface area contributed by atoms with Crippen LogP contribution in [0.1, 0.15) is 31.9 Å². The lowest BCUT2D eigenvalue weighted by Gasteiger charge is -2.17. The van der Waals surface area contributed by atoms with E-state index >= 15 is 0 Å². The van der Waals surface area contributed by atoms with Crippen molar-refractivity contribution in [1.29, 1.82) is 0 Å². The molecule has 0 fully saturated rings. The Morgan fingerprint density at radius 2 is 1.71 bits per heavy atom. The number of hydrogen-bond acceptors (Lipinski definition) is 1. The Morgan fingerprint density at radius 1 is 1.05 bits per heavy atom. The van der Waals surface area contributed by atoms with Gasteiger partial charge in [-0.3, -0.25) is 0 Å². The molecular formula is C17H18BrF2N. The first-order valence-corrected chi connectivity index (χ1v) is 7.85. The average Bonchev–Trinajstić information content (AvgIpc) is 2.50. The lowest BCUT2D eigenvalue weighted by Crippen LogP contribution is -2.19. The van der Waals surface area contributed by atoms with Crippen molar-refractivity contribution >= 4 is 15.9 Å². The molecule has 1 nitrogen and oxygen atoms in total. The minimum absolute atomic E-state index is 0.00687. The van der Waals surface area contributed by atoms with Crippen LogP contribution in [-0.4, -0.2) is 6.54 Å². The molecule has 0 amide bonds. The summed E-state index contributed by atoms with van der Waals surface area (Å²) >= 11 is 3.10. The van der Waals surface area contributed by atoms with Crippen LogP contribution in [-0.2, 0) is 0 Å². The van der Waals surface area contributed by atoms with E-state index in [2.05, 4.69) is 35.1 Å². The molecule has 2 rings (SSSR count). The zero-order valence-corrected chi connectivity index (χ0v) is 13.7. The van der Waals surface area contributed by atoms with E-state index in [4.69, 9.17) is 0 Å². The zero-order chi connectivity index (χ0) is 15.4. The van der Waals surface area contributed by atoms with Gasteiger partial charge in [0, 0.05) is 6.04 Å². The Kier molecular flexibility index (Phi) is 5.48. The molecule has 1 unspecified atom stereocenters. The third-order valence-electron chi connectivity index (χ3n) is 3.50. The molecule has 4 heteroatoms. The largest absolute Gasteiger partial charge is 0.310 e. The fourth-order valence-corrected chi connectivity index (χ4v) is 2.75. The summed E-state index contributed by atoms with van der Waals surface area (Å²) in [5.41, 5.74) is 1.67. The fraction of sp³-hybridized carbons (Fsp3) is 0.294. The lowest BCUT2D eigenvalue weighted by molar-refractivity contribution is 0.537. The summed E-state index contributed by atoms with van der Waals surface area (Å²) in [4.78, 5) is 0. The molecule has 0 saturated heterocycles. The van der Waals surface area contributed by atoms with Gasteiger partial charge in [-0.05, 0) is 52.2 Å². The Hall–Kier alpha value is -1.26. The summed E-state index contributed by atoms with van der Waals surface area (Å²) in [6.07, 6.45) is 0.965. The molecule has 2 aromatic carbocycles. The van der Waals surface area contributed by atoms with Gasteiger partial charge in [0.2, 0.25) is 0 Å². The van der Waals surface area contributed by atoms with Crippen molar-refractivity contribution in [3.63, 3.8) is 0 Å². The van der Waals surface area contributed by atoms with E-state index in [1.807, 2.05) is 12.1 Å². The van der Waals surface area contributed by atoms with Gasteiger partial charge in [-0.25, -0.2) is 8.78 Å². The molecule has 0 aromatic heterocycles. The first kappa shape index (κ1) is 16.1. The second-order valence-corrected chi connectivity index (χ2v) is 5.71. The van der Waals surface area contributed by atoms with E-state index in [1.165, 1.54) is 12.1 Å². The Bertz CT molecular complexity index is 611. The molecule has 0 aliphatic heterocycles. The number of nitrogens with one attached hydrogen (secondary N) is 1. The van der Waals surface area contributed by atoms with Crippen LogP contribution in [0, 0.1) is 11.6 Å². The molecule has 0 saturated carbocycles. The molecule has 0 aliphatic carbocycles. The second-order valence-electron chi connectivity index (χ2n) is 4.86. The van der Waals surface area contributed by atoms with Crippen LogP contribution in [0.15, 0.2) is 40.9 Å². The van der Waals surface area contributed by atoms with Gasteiger partial charge in [0.25, 0.3) is 0 Å². The van der Waals surface area contributed by atoms with Crippen molar-refractivity contribution in [1.82, 2.24) is 5.32 Å². The first-order valence-electron chi connectivity index (χ1n) is 7.05. The minimum Gasteiger partial charge on any atom is -0.310 e. The molecule has 21 heavy (non-hydrogen) atoms. The number of hydrogen-bond donors (Lipinski definition) is 1. The van der Waals surface area contributed by atoms with E-state index in [1.54, 1.807) is 12.1 Å². The summed E-state index contributed by atoms with van der Waals surface area (Å²) in [5.74, 6) is -1.12. The maximum Gasteiger partial charge on any atom is 0.148 e. The summed E-state index contributed by atoms with van der Waals surface area (Å²) < 4.78 is 28.2. The molecule has 0 bridgehead atoms. The van der Waals surface area contributed by atoms with Crippen molar-refractivity contribution in [3.8, 4) is 11.1 Å². The molecule has 2 aromatic rings. The summed E-state index contributed by atoms with van der Waals surface area (Å²) in [6.45, 7) is 5.05. The highest BCUT2D eigenvalue weighted by atomic mass is 79.9. The predicted octanol–water partition coefficient (Wildman–Crippen LogP) is 5.45. The van der Waals surface area contributed by atoms with E-state index in [9.17, 15) is 8.78 Å². The van der Waals surface area contributed by atoms with Crippen molar-refractivity contribution in [2.24, 2.45) is 0 Å². The van der Waals surface area contributed by atoms with Gasteiger partial charge >= 0.3 is 0 Å². The van der Waals surface area contributed by atoms with Crippen LogP contribution in [0.3, 0.4) is 0 Å². The van der Waals surface area contributed by atoms with Crippen LogP contribution in [0.5, 0.6) is 0 Å². The standard InChI is InChI=1S/C17H18BrF2N/c1-3-15(21-4-2)11-5-7-12(8-6-11)16-14(19)10-9-13(18)17(16)20/h5-10,15,21H,3-4H2,1-2H3. The average molecular weight is 354 g/mol. The van der Waals surface area contributed by atoms with Crippen LogP contribution in [0.2, 0.25) is 0 Å². The lowest BCUT2D eigenvalue weighted by atomic mass is 9.99. The predicted molar refractivity (Wildman–Crippen MR) is 86.2 cm³/mol. The quantitative estimate of drug-likeness (QED) is 0.704. The second kappa shape index (κ2) is 7.14. The summed E-state index contributed by atoms with van der Waals surface area (Å²) in [6, 6.07) is 10.3. The smallest absolute Gasteiger partial charge is 0.148 e. The Balaban J connectivity index is 2.38. The van der Waals surface area contributed by atoms with Crippen LogP contribution in [0.25, 0.3) is 11.1 Å². The van der Waals surface area contributed by atoms with Gasteiger partial charge in [0.1, 0.15) is 11.6 Å². The van der Waals surface area contributed by atoms with Crippen LogP contribution in [0.4, 0.5) is 8.78 Å². The molecule has 0 spiro atoms. The van der Waals surface area contributed by atoms with Crippen molar-refractivity contribution in [2.75, 3.05) is 6.54 Å². The summed E-state index contributed by atoms with van der Waals surface area (Å²) in [7, 11) is 0. The van der Waals surface area contributed by atoms with Crippen molar-refractivity contribution in [2.45, 2.75) is 26.3 Å². The first-order chi connectivity index (χ1) is 10.1. The Labute approximate surface area is 132 Å². The summed E-state index contributed by atoms with van der Waals surface area (Å²) in [5, 5.41) is 3.38. The van der Waals surface area contributed by atoms with E-state index in [-0.39, 0.29) is 16.1 Å².